The smallest absolute Gasteiger partial charge is 0.161 e. The molecule has 0 unspecified atom stereocenters. The molecule has 0 aromatic heterocycles. The van der Waals surface area contributed by atoms with Crippen LogP contribution in [0.1, 0.15) is 26.2 Å². The Bertz CT molecular complexity index is 73.7. The van der Waals surface area contributed by atoms with Crippen LogP contribution in [-0.4, -0.2) is 16.4 Å². The number of unbranched alkanes of at least 4 members (excludes halogenated alkanes) is 2. The zero-order chi connectivity index (χ0) is 7.66. The fourth-order valence-electron chi connectivity index (χ4n) is 0.814. The molecule has 0 fully saturated rings. The van der Waals surface area contributed by atoms with Crippen molar-refractivity contribution in [1.29, 1.82) is 0 Å². The van der Waals surface area contributed by atoms with Crippen molar-refractivity contribution in [3.63, 3.8) is 0 Å². The van der Waals surface area contributed by atoms with Gasteiger partial charge in [0.1, 0.15) is 0 Å². The minimum absolute atomic E-state index is 0.151. The molecule has 1 nitrogen and oxygen atoms in total. The number of rotatable bonds is 7. The molecule has 0 atom stereocenters. The number of hydrogen-bond acceptors (Lipinski definition) is 1. The Labute approximate surface area is 66.4 Å². The topological polar surface area (TPSA) is 9.23 Å². The number of allylic oxidation sites excluding steroid dienone is 1. The molecular formula is C8H18OSi. The van der Waals surface area contributed by atoms with Crippen LogP contribution in [-0.2, 0) is 4.43 Å². The Morgan fingerprint density at radius 2 is 2.30 bits per heavy atom. The van der Waals surface area contributed by atoms with Gasteiger partial charge in [-0.25, -0.2) is 0 Å². The SMILES string of the molecule is C=CCCCC[SiH2]OCC. The van der Waals surface area contributed by atoms with Crippen LogP contribution in [0.5, 0.6) is 0 Å². The summed E-state index contributed by atoms with van der Waals surface area (Å²) in [5.41, 5.74) is 0. The average molecular weight is 158 g/mol. The second-order valence-electron chi connectivity index (χ2n) is 2.33. The maximum Gasteiger partial charge on any atom is 0.161 e. The summed E-state index contributed by atoms with van der Waals surface area (Å²) in [4.78, 5) is 0. The van der Waals surface area contributed by atoms with Gasteiger partial charge in [-0.3, -0.25) is 0 Å². The van der Waals surface area contributed by atoms with Gasteiger partial charge >= 0.3 is 0 Å². The molecule has 10 heavy (non-hydrogen) atoms. The van der Waals surface area contributed by atoms with Gasteiger partial charge in [0, 0.05) is 6.61 Å². The van der Waals surface area contributed by atoms with E-state index in [2.05, 4.69) is 13.5 Å². The molecule has 60 valence electrons. The summed E-state index contributed by atoms with van der Waals surface area (Å²) >= 11 is 0. The van der Waals surface area contributed by atoms with E-state index in [9.17, 15) is 0 Å². The summed E-state index contributed by atoms with van der Waals surface area (Å²) in [6.45, 7) is 6.65. The summed E-state index contributed by atoms with van der Waals surface area (Å²) < 4.78 is 5.33. The van der Waals surface area contributed by atoms with E-state index in [1.807, 2.05) is 6.08 Å². The third-order valence-corrected chi connectivity index (χ3v) is 2.89. The first-order chi connectivity index (χ1) is 4.91. The van der Waals surface area contributed by atoms with Gasteiger partial charge in [-0.05, 0) is 19.4 Å². The van der Waals surface area contributed by atoms with Crippen LogP contribution in [0.3, 0.4) is 0 Å². The molecule has 0 spiro atoms. The lowest BCUT2D eigenvalue weighted by molar-refractivity contribution is 0.359. The second kappa shape index (κ2) is 8.92. The molecule has 0 aliphatic rings. The molecule has 0 aromatic carbocycles. The number of hydrogen-bond donors (Lipinski definition) is 0. The standard InChI is InChI=1S/C8H18OSi/c1-3-5-6-7-8-10-9-4-2/h3H,1,4-8,10H2,2H3. The van der Waals surface area contributed by atoms with Crippen molar-refractivity contribution in [3.05, 3.63) is 12.7 Å². The van der Waals surface area contributed by atoms with Crippen LogP contribution in [0.15, 0.2) is 12.7 Å². The van der Waals surface area contributed by atoms with E-state index < -0.39 is 0 Å². The van der Waals surface area contributed by atoms with E-state index in [0.717, 1.165) is 6.61 Å². The van der Waals surface area contributed by atoms with Crippen LogP contribution in [0, 0.1) is 0 Å². The average Bonchev–Trinajstić information content (AvgIpc) is 1.97. The zero-order valence-corrected chi connectivity index (χ0v) is 8.35. The van der Waals surface area contributed by atoms with Gasteiger partial charge in [-0.1, -0.05) is 18.9 Å². The van der Waals surface area contributed by atoms with Gasteiger partial charge < -0.3 is 4.43 Å². The van der Waals surface area contributed by atoms with E-state index in [-0.39, 0.29) is 9.76 Å². The van der Waals surface area contributed by atoms with E-state index >= 15 is 0 Å². The minimum Gasteiger partial charge on any atom is -0.424 e. The maximum atomic E-state index is 5.33. The van der Waals surface area contributed by atoms with Crippen LogP contribution in [0.2, 0.25) is 6.04 Å². The largest absolute Gasteiger partial charge is 0.424 e. The van der Waals surface area contributed by atoms with E-state index in [1.54, 1.807) is 0 Å². The minimum atomic E-state index is -0.151. The normalized spacial score (nSPS) is 10.9. The van der Waals surface area contributed by atoms with Crippen molar-refractivity contribution in [2.75, 3.05) is 6.61 Å². The highest BCUT2D eigenvalue weighted by molar-refractivity contribution is 6.26. The lowest BCUT2D eigenvalue weighted by Gasteiger charge is -1.98. The van der Waals surface area contributed by atoms with Crippen LogP contribution < -0.4 is 0 Å². The van der Waals surface area contributed by atoms with E-state index in [4.69, 9.17) is 4.43 Å². The summed E-state index contributed by atoms with van der Waals surface area (Å²) in [6.07, 6.45) is 5.78. The summed E-state index contributed by atoms with van der Waals surface area (Å²) in [5.74, 6) is 0. The first-order valence-electron chi connectivity index (χ1n) is 4.10. The Morgan fingerprint density at radius 1 is 1.50 bits per heavy atom. The molecular weight excluding hydrogens is 140 g/mol. The van der Waals surface area contributed by atoms with Gasteiger partial charge in [0.05, 0.1) is 0 Å². The molecule has 0 heterocycles. The highest BCUT2D eigenvalue weighted by Crippen LogP contribution is 1.99. The van der Waals surface area contributed by atoms with Gasteiger partial charge in [0.25, 0.3) is 0 Å². The highest BCUT2D eigenvalue weighted by Gasteiger charge is 1.87. The van der Waals surface area contributed by atoms with Gasteiger partial charge in [-0.15, -0.1) is 6.58 Å². The predicted molar refractivity (Wildman–Crippen MR) is 49.0 cm³/mol. The lowest BCUT2D eigenvalue weighted by Crippen LogP contribution is -1.96. The van der Waals surface area contributed by atoms with E-state index in [0.29, 0.717) is 0 Å². The van der Waals surface area contributed by atoms with E-state index in [1.165, 1.54) is 25.3 Å². The van der Waals surface area contributed by atoms with Crippen molar-refractivity contribution in [3.8, 4) is 0 Å². The summed E-state index contributed by atoms with van der Waals surface area (Å²) in [7, 11) is -0.151. The lowest BCUT2D eigenvalue weighted by atomic mass is 10.2. The molecule has 0 saturated carbocycles. The molecule has 0 aromatic rings. The maximum absolute atomic E-state index is 5.33. The Hall–Kier alpha value is -0.0831. The molecule has 0 bridgehead atoms. The van der Waals surface area contributed by atoms with Crippen molar-refractivity contribution < 1.29 is 4.43 Å². The molecule has 0 amide bonds. The van der Waals surface area contributed by atoms with Crippen molar-refractivity contribution in [1.82, 2.24) is 0 Å². The molecule has 0 N–H and O–H groups in total. The zero-order valence-electron chi connectivity index (χ0n) is 6.94. The van der Waals surface area contributed by atoms with Crippen molar-refractivity contribution >= 4 is 9.76 Å². The molecule has 0 rings (SSSR count). The Morgan fingerprint density at radius 3 is 2.90 bits per heavy atom. The van der Waals surface area contributed by atoms with Crippen molar-refractivity contribution in [2.45, 2.75) is 32.2 Å². The Balaban J connectivity index is 2.70. The Kier molecular flexibility index (Phi) is 8.84. The molecule has 0 radical (unpaired) electrons. The van der Waals surface area contributed by atoms with Crippen LogP contribution in [0.4, 0.5) is 0 Å². The van der Waals surface area contributed by atoms with Crippen LogP contribution >= 0.6 is 0 Å². The molecule has 0 saturated heterocycles. The van der Waals surface area contributed by atoms with Crippen LogP contribution in [0.25, 0.3) is 0 Å². The summed E-state index contributed by atoms with van der Waals surface area (Å²) in [6, 6.07) is 1.34. The molecule has 2 heteroatoms. The fourth-order valence-corrected chi connectivity index (χ4v) is 1.86. The predicted octanol–water partition coefficient (Wildman–Crippen LogP) is 1.88. The van der Waals surface area contributed by atoms with Gasteiger partial charge in [0.2, 0.25) is 0 Å². The van der Waals surface area contributed by atoms with Crippen molar-refractivity contribution in [2.24, 2.45) is 0 Å². The third kappa shape index (κ3) is 7.92. The molecule has 0 aliphatic carbocycles. The molecule has 0 aliphatic heterocycles. The van der Waals surface area contributed by atoms with Gasteiger partial charge in [0.15, 0.2) is 9.76 Å². The summed E-state index contributed by atoms with van der Waals surface area (Å²) in [5, 5.41) is 0. The first-order valence-corrected chi connectivity index (χ1v) is 5.68. The quantitative estimate of drug-likeness (QED) is 0.312. The second-order valence-corrected chi connectivity index (χ2v) is 3.86. The van der Waals surface area contributed by atoms with Gasteiger partial charge in [-0.2, -0.15) is 0 Å². The monoisotopic (exact) mass is 158 g/mol. The fraction of sp³-hybridized carbons (Fsp3) is 0.750. The highest BCUT2D eigenvalue weighted by atomic mass is 28.2. The first kappa shape index (κ1) is 9.92. The third-order valence-electron chi connectivity index (χ3n) is 1.40.